The zero-order valence-corrected chi connectivity index (χ0v) is 24.7. The van der Waals surface area contributed by atoms with Crippen LogP contribution in [0.3, 0.4) is 0 Å². The third-order valence-electron chi connectivity index (χ3n) is 7.82. The summed E-state index contributed by atoms with van der Waals surface area (Å²) in [7, 11) is 1.34. The number of carbonyl (C=O) groups excluding carboxylic acids is 4. The minimum absolute atomic E-state index is 0.107. The fourth-order valence-corrected chi connectivity index (χ4v) is 6.03. The van der Waals surface area contributed by atoms with Crippen LogP contribution in [0.4, 0.5) is 10.5 Å². The zero-order chi connectivity index (χ0) is 30.8. The molecule has 0 radical (unpaired) electrons. The second kappa shape index (κ2) is 12.5. The Labute approximate surface area is 256 Å². The molecule has 12 nitrogen and oxygen atoms in total. The highest BCUT2D eigenvalue weighted by Gasteiger charge is 2.43. The second-order valence-electron chi connectivity index (χ2n) is 10.5. The number of carboxylic acid groups (broad SMARTS) is 1. The van der Waals surface area contributed by atoms with Crippen LogP contribution < -0.4 is 16.0 Å². The van der Waals surface area contributed by atoms with Gasteiger partial charge in [-0.15, -0.1) is 0 Å². The molecular formula is C29H30Cl2N6O6. The molecule has 2 aromatic carbocycles. The van der Waals surface area contributed by atoms with Crippen molar-refractivity contribution in [2.45, 2.75) is 50.4 Å². The van der Waals surface area contributed by atoms with Gasteiger partial charge in [-0.3, -0.25) is 19.2 Å². The topological polar surface area (TPSA) is 164 Å². The van der Waals surface area contributed by atoms with Crippen LogP contribution in [0.5, 0.6) is 0 Å². The van der Waals surface area contributed by atoms with E-state index in [1.165, 1.54) is 22.9 Å². The van der Waals surface area contributed by atoms with Crippen molar-refractivity contribution in [3.05, 3.63) is 63.8 Å². The maximum Gasteiger partial charge on any atom is 0.322 e. The van der Waals surface area contributed by atoms with Crippen molar-refractivity contribution in [2.75, 3.05) is 18.9 Å². The molecule has 5 amide bonds. The molecule has 0 bridgehead atoms. The minimum atomic E-state index is -1.30. The molecule has 5 N–H and O–H groups in total. The molecule has 226 valence electrons. The molecule has 3 atom stereocenters. The van der Waals surface area contributed by atoms with Crippen molar-refractivity contribution >= 4 is 69.5 Å². The number of halogens is 2. The maximum absolute atomic E-state index is 14.2. The van der Waals surface area contributed by atoms with Crippen molar-refractivity contribution in [3.63, 3.8) is 0 Å². The molecule has 0 spiro atoms. The highest BCUT2D eigenvalue weighted by Crippen LogP contribution is 2.33. The van der Waals surface area contributed by atoms with E-state index in [1.54, 1.807) is 12.1 Å². The number of aromatic amines is 1. The lowest BCUT2D eigenvalue weighted by molar-refractivity contribution is -0.144. The lowest BCUT2D eigenvalue weighted by atomic mass is 9.95. The van der Waals surface area contributed by atoms with Gasteiger partial charge in [0, 0.05) is 42.3 Å². The number of para-hydroxylation sites is 1. The van der Waals surface area contributed by atoms with Gasteiger partial charge in [0.2, 0.25) is 17.7 Å². The first-order chi connectivity index (χ1) is 20.6. The van der Waals surface area contributed by atoms with Gasteiger partial charge in [-0.2, -0.15) is 0 Å². The number of aliphatic carboxylic acids is 1. The Balaban J connectivity index is 1.43. The van der Waals surface area contributed by atoms with E-state index < -0.39 is 54.3 Å². The summed E-state index contributed by atoms with van der Waals surface area (Å²) >= 11 is 12.2. The van der Waals surface area contributed by atoms with E-state index >= 15 is 0 Å². The molecule has 43 heavy (non-hydrogen) atoms. The number of hydrogen-bond acceptors (Lipinski definition) is 5. The van der Waals surface area contributed by atoms with Crippen LogP contribution in [-0.2, 0) is 32.1 Å². The van der Waals surface area contributed by atoms with Gasteiger partial charge in [0.05, 0.1) is 23.0 Å². The number of H-pyrrole nitrogens is 1. The smallest absolute Gasteiger partial charge is 0.322 e. The van der Waals surface area contributed by atoms with Gasteiger partial charge < -0.3 is 35.8 Å². The fraction of sp³-hybridized carbons (Fsp3) is 0.345. The first-order valence-electron chi connectivity index (χ1n) is 13.7. The van der Waals surface area contributed by atoms with Gasteiger partial charge >= 0.3 is 12.0 Å². The second-order valence-corrected chi connectivity index (χ2v) is 11.3. The first kappa shape index (κ1) is 30.2. The van der Waals surface area contributed by atoms with E-state index in [0.29, 0.717) is 23.6 Å². The summed E-state index contributed by atoms with van der Waals surface area (Å²) < 4.78 is 0. The number of likely N-dealkylation sites (tertiary alicyclic amines) is 1. The Kier molecular flexibility index (Phi) is 8.79. The van der Waals surface area contributed by atoms with Gasteiger partial charge in [-0.1, -0.05) is 41.4 Å². The van der Waals surface area contributed by atoms with Gasteiger partial charge in [0.15, 0.2) is 0 Å². The SMILES string of the molecule is CNC(=O)[C@H](CC(=O)O)NC(=O)[C@@H]1CCCN1C(=O)[C@H]1Cc2c([nH]c3ccccc23)CN1C(=O)Nc1ccc(Cl)c(Cl)c1. The molecular weight excluding hydrogens is 599 g/mol. The van der Waals surface area contributed by atoms with E-state index in [4.69, 9.17) is 23.2 Å². The molecule has 3 heterocycles. The number of nitrogens with one attached hydrogen (secondary N) is 4. The number of anilines is 1. The van der Waals surface area contributed by atoms with Crippen LogP contribution in [0.25, 0.3) is 10.9 Å². The number of aromatic nitrogens is 1. The summed E-state index contributed by atoms with van der Waals surface area (Å²) in [6.45, 7) is 0.371. The Morgan fingerprint density at radius 2 is 1.81 bits per heavy atom. The van der Waals surface area contributed by atoms with E-state index in [2.05, 4.69) is 20.9 Å². The van der Waals surface area contributed by atoms with Crippen LogP contribution in [0.1, 0.15) is 30.5 Å². The van der Waals surface area contributed by atoms with Crippen molar-refractivity contribution in [1.29, 1.82) is 0 Å². The molecule has 3 aromatic rings. The Bertz CT molecular complexity index is 1610. The number of carbonyl (C=O) groups is 5. The van der Waals surface area contributed by atoms with Gasteiger partial charge in [-0.05, 0) is 42.7 Å². The van der Waals surface area contributed by atoms with Crippen molar-refractivity contribution in [1.82, 2.24) is 25.4 Å². The van der Waals surface area contributed by atoms with E-state index in [1.807, 2.05) is 24.3 Å². The number of benzene rings is 2. The van der Waals surface area contributed by atoms with Crippen molar-refractivity contribution in [2.24, 2.45) is 0 Å². The predicted octanol–water partition coefficient (Wildman–Crippen LogP) is 3.13. The standard InChI is InChI=1S/C29H30Cl2N6O6/c1-32-26(40)21(13-25(38)39)35-27(41)23-7-4-10-36(23)28(42)24-12-17-16-5-2-3-6-20(16)34-22(17)14-37(24)29(43)33-15-8-9-18(30)19(31)11-15/h2-3,5-6,8-9,11,21,23-24,34H,4,7,10,12-14H2,1H3,(H,32,40)(H,33,43)(H,35,41)(H,38,39)/t21-,23-,24+/m0/s1. The molecule has 0 unspecified atom stereocenters. The van der Waals surface area contributed by atoms with Gasteiger partial charge in [0.25, 0.3) is 0 Å². The summed E-state index contributed by atoms with van der Waals surface area (Å²) in [4.78, 5) is 70.9. The van der Waals surface area contributed by atoms with Crippen LogP contribution >= 0.6 is 23.2 Å². The normalized spacial score (nSPS) is 18.6. The number of fused-ring (bicyclic) bond motifs is 3. The summed E-state index contributed by atoms with van der Waals surface area (Å²) in [5.41, 5.74) is 2.98. The van der Waals surface area contributed by atoms with Crippen molar-refractivity contribution < 1.29 is 29.1 Å². The van der Waals surface area contributed by atoms with E-state index in [9.17, 15) is 29.1 Å². The lowest BCUT2D eigenvalue weighted by Gasteiger charge is -2.38. The van der Waals surface area contributed by atoms with E-state index in [0.717, 1.165) is 22.2 Å². The quantitative estimate of drug-likeness (QED) is 0.270. The number of hydrogen-bond donors (Lipinski definition) is 5. The van der Waals surface area contributed by atoms with E-state index in [-0.39, 0.29) is 24.5 Å². The maximum atomic E-state index is 14.2. The monoisotopic (exact) mass is 628 g/mol. The van der Waals surface area contributed by atoms with Gasteiger partial charge in [-0.25, -0.2) is 4.79 Å². The lowest BCUT2D eigenvalue weighted by Crippen LogP contribution is -2.58. The Hall–Kier alpha value is -4.29. The van der Waals surface area contributed by atoms with Crippen LogP contribution in [0.15, 0.2) is 42.5 Å². The van der Waals surface area contributed by atoms with Gasteiger partial charge in [0.1, 0.15) is 18.1 Å². The fourth-order valence-electron chi connectivity index (χ4n) is 5.73. The minimum Gasteiger partial charge on any atom is -0.481 e. The first-order valence-corrected chi connectivity index (χ1v) is 14.5. The molecule has 2 aliphatic rings. The van der Waals surface area contributed by atoms with Crippen LogP contribution in [0, 0.1) is 0 Å². The summed E-state index contributed by atoms with van der Waals surface area (Å²) in [6, 6.07) is 8.61. The van der Waals surface area contributed by atoms with Crippen LogP contribution in [0.2, 0.25) is 10.0 Å². The highest BCUT2D eigenvalue weighted by molar-refractivity contribution is 6.42. The molecule has 2 aliphatic heterocycles. The molecule has 1 fully saturated rings. The summed E-state index contributed by atoms with van der Waals surface area (Å²) in [6.07, 6.45) is 0.442. The molecule has 0 saturated carbocycles. The average molecular weight is 630 g/mol. The molecule has 14 heteroatoms. The number of likely N-dealkylation sites (N-methyl/N-ethyl adjacent to an activating group) is 1. The number of rotatable bonds is 7. The summed E-state index contributed by atoms with van der Waals surface area (Å²) in [5, 5.41) is 18.4. The highest BCUT2D eigenvalue weighted by atomic mass is 35.5. The number of amides is 5. The molecule has 0 aliphatic carbocycles. The number of nitrogens with zero attached hydrogens (tertiary/aromatic N) is 2. The zero-order valence-electron chi connectivity index (χ0n) is 23.2. The Morgan fingerprint density at radius 3 is 2.53 bits per heavy atom. The third kappa shape index (κ3) is 6.25. The molecule has 1 aromatic heterocycles. The molecule has 1 saturated heterocycles. The molecule has 5 rings (SSSR count). The third-order valence-corrected chi connectivity index (χ3v) is 8.56. The Morgan fingerprint density at radius 1 is 1.05 bits per heavy atom. The average Bonchev–Trinajstić information content (AvgIpc) is 3.62. The van der Waals surface area contributed by atoms with Crippen molar-refractivity contribution in [3.8, 4) is 0 Å². The number of urea groups is 1. The largest absolute Gasteiger partial charge is 0.481 e. The number of carboxylic acids is 1. The summed E-state index contributed by atoms with van der Waals surface area (Å²) in [5.74, 6) is -2.96. The van der Waals surface area contributed by atoms with Crippen LogP contribution in [-0.4, -0.2) is 81.3 Å². The predicted molar refractivity (Wildman–Crippen MR) is 160 cm³/mol.